The fraction of sp³-hybridized carbons (Fsp3) is 0.154. The Morgan fingerprint density at radius 2 is 2.17 bits per heavy atom. The normalized spacial score (nSPS) is 11.3. The largest absolute Gasteiger partial charge is 0.461 e. The molecule has 0 saturated heterocycles. The highest BCUT2D eigenvalue weighted by Crippen LogP contribution is 2.11. The number of ether oxygens (including phenoxy) is 1. The molecule has 0 fully saturated rings. The van der Waals surface area contributed by atoms with E-state index in [9.17, 15) is 4.79 Å². The van der Waals surface area contributed by atoms with Crippen LogP contribution in [0.3, 0.4) is 0 Å². The molecular weight excluding hydrogens is 230 g/mol. The molecule has 18 heavy (non-hydrogen) atoms. The molecule has 2 aromatic rings. The maximum Gasteiger partial charge on any atom is 0.357 e. The maximum atomic E-state index is 11.9. The van der Waals surface area contributed by atoms with Crippen LogP contribution in [0.1, 0.15) is 12.5 Å². The van der Waals surface area contributed by atoms with Gasteiger partial charge in [0.1, 0.15) is 0 Å². The van der Waals surface area contributed by atoms with Crippen LogP contribution in [0.25, 0.3) is 11.8 Å². The number of carbonyl (C=O) groups excluding carboxylic acids is 1. The van der Waals surface area contributed by atoms with Gasteiger partial charge in [0.2, 0.25) is 0 Å². The minimum atomic E-state index is -0.424. The minimum absolute atomic E-state index is 0.319. The van der Waals surface area contributed by atoms with E-state index in [1.165, 1.54) is 10.9 Å². The molecule has 0 amide bonds. The molecule has 0 N–H and O–H groups in total. The molecule has 1 aromatic heterocycles. The summed E-state index contributed by atoms with van der Waals surface area (Å²) in [6.07, 6.45) is 4.83. The first-order chi connectivity index (χ1) is 8.81. The van der Waals surface area contributed by atoms with Crippen molar-refractivity contribution in [3.05, 3.63) is 48.3 Å². The summed E-state index contributed by atoms with van der Waals surface area (Å²) in [6.45, 7) is 2.08. The van der Waals surface area contributed by atoms with Crippen molar-refractivity contribution in [1.82, 2.24) is 15.0 Å². The highest BCUT2D eigenvalue weighted by atomic mass is 16.5. The van der Waals surface area contributed by atoms with Crippen LogP contribution in [0, 0.1) is 0 Å². The molecule has 1 aromatic carbocycles. The van der Waals surface area contributed by atoms with E-state index in [0.29, 0.717) is 12.3 Å². The van der Waals surface area contributed by atoms with Crippen molar-refractivity contribution in [3.63, 3.8) is 0 Å². The van der Waals surface area contributed by atoms with Crippen LogP contribution < -0.4 is 0 Å². The fourth-order valence-corrected chi connectivity index (χ4v) is 1.47. The number of hydrogen-bond acceptors (Lipinski definition) is 4. The molecule has 1 heterocycles. The Kier molecular flexibility index (Phi) is 3.86. The Labute approximate surface area is 105 Å². The summed E-state index contributed by atoms with van der Waals surface area (Å²) >= 11 is 0. The summed E-state index contributed by atoms with van der Waals surface area (Å²) in [5.74, 6) is -0.424. The van der Waals surface area contributed by atoms with Crippen molar-refractivity contribution in [3.8, 4) is 0 Å². The predicted molar refractivity (Wildman–Crippen MR) is 67.3 cm³/mol. The van der Waals surface area contributed by atoms with Crippen molar-refractivity contribution in [2.24, 2.45) is 0 Å². The predicted octanol–water partition coefficient (Wildman–Crippen LogP) is 1.84. The van der Waals surface area contributed by atoms with E-state index < -0.39 is 5.97 Å². The lowest BCUT2D eigenvalue weighted by atomic mass is 10.2. The van der Waals surface area contributed by atoms with Gasteiger partial charge < -0.3 is 4.74 Å². The monoisotopic (exact) mass is 243 g/mol. The van der Waals surface area contributed by atoms with Crippen molar-refractivity contribution < 1.29 is 9.53 Å². The topological polar surface area (TPSA) is 57.0 Å². The second kappa shape index (κ2) is 5.77. The number of aromatic nitrogens is 3. The molecule has 5 heteroatoms. The molecule has 0 aliphatic carbocycles. The van der Waals surface area contributed by atoms with E-state index in [1.807, 2.05) is 30.3 Å². The van der Waals surface area contributed by atoms with Gasteiger partial charge in [0.05, 0.1) is 19.0 Å². The number of rotatable bonds is 4. The average molecular weight is 243 g/mol. The van der Waals surface area contributed by atoms with Gasteiger partial charge in [-0.2, -0.15) is 0 Å². The molecule has 0 atom stereocenters. The molecule has 0 aliphatic heterocycles. The van der Waals surface area contributed by atoms with Crippen LogP contribution in [0.15, 0.2) is 42.7 Å². The molecule has 0 bridgehead atoms. The van der Waals surface area contributed by atoms with Gasteiger partial charge in [-0.05, 0) is 18.6 Å². The van der Waals surface area contributed by atoms with Gasteiger partial charge in [-0.25, -0.2) is 9.48 Å². The zero-order valence-corrected chi connectivity index (χ0v) is 9.98. The Bertz CT molecular complexity index is 533. The molecular formula is C13H13N3O2. The van der Waals surface area contributed by atoms with E-state index >= 15 is 0 Å². The van der Waals surface area contributed by atoms with Crippen LogP contribution in [0.2, 0.25) is 0 Å². The standard InChI is InChI=1S/C13H13N3O2/c1-2-18-13(17)12(16-9-8-14-15-16)10-11-6-4-3-5-7-11/h3-10H,2H2,1H3/b12-10-. The van der Waals surface area contributed by atoms with Crippen LogP contribution in [-0.2, 0) is 9.53 Å². The molecule has 5 nitrogen and oxygen atoms in total. The van der Waals surface area contributed by atoms with Gasteiger partial charge in [-0.3, -0.25) is 0 Å². The highest BCUT2D eigenvalue weighted by Gasteiger charge is 2.13. The van der Waals surface area contributed by atoms with E-state index in [1.54, 1.807) is 19.2 Å². The Hall–Kier alpha value is -2.43. The Morgan fingerprint density at radius 1 is 1.39 bits per heavy atom. The zero-order chi connectivity index (χ0) is 12.8. The third-order valence-electron chi connectivity index (χ3n) is 2.26. The van der Waals surface area contributed by atoms with Crippen molar-refractivity contribution in [1.29, 1.82) is 0 Å². The number of carbonyl (C=O) groups is 1. The van der Waals surface area contributed by atoms with Crippen LogP contribution in [-0.4, -0.2) is 27.6 Å². The summed E-state index contributed by atoms with van der Waals surface area (Å²) in [4.78, 5) is 11.9. The first-order valence-corrected chi connectivity index (χ1v) is 5.62. The van der Waals surface area contributed by atoms with Gasteiger partial charge in [-0.1, -0.05) is 35.5 Å². The minimum Gasteiger partial charge on any atom is -0.461 e. The molecule has 0 spiro atoms. The van der Waals surface area contributed by atoms with Gasteiger partial charge in [-0.15, -0.1) is 5.10 Å². The van der Waals surface area contributed by atoms with Crippen LogP contribution in [0.4, 0.5) is 0 Å². The molecule has 92 valence electrons. The molecule has 0 saturated carbocycles. The quantitative estimate of drug-likeness (QED) is 0.607. The second-order valence-corrected chi connectivity index (χ2v) is 3.51. The Balaban J connectivity index is 2.37. The third kappa shape index (κ3) is 2.82. The van der Waals surface area contributed by atoms with Crippen molar-refractivity contribution in [2.45, 2.75) is 6.92 Å². The first kappa shape index (κ1) is 12.0. The second-order valence-electron chi connectivity index (χ2n) is 3.51. The van der Waals surface area contributed by atoms with Gasteiger partial charge in [0.15, 0.2) is 5.70 Å². The molecule has 0 radical (unpaired) electrons. The third-order valence-corrected chi connectivity index (χ3v) is 2.26. The maximum absolute atomic E-state index is 11.9. The van der Waals surface area contributed by atoms with E-state index in [2.05, 4.69) is 10.3 Å². The van der Waals surface area contributed by atoms with Gasteiger partial charge in [0.25, 0.3) is 0 Å². The number of nitrogens with zero attached hydrogens (tertiary/aromatic N) is 3. The Morgan fingerprint density at radius 3 is 2.78 bits per heavy atom. The summed E-state index contributed by atoms with van der Waals surface area (Å²) in [7, 11) is 0. The number of benzene rings is 1. The summed E-state index contributed by atoms with van der Waals surface area (Å²) < 4.78 is 6.40. The SMILES string of the molecule is CCOC(=O)/C(=C/c1ccccc1)n1ccnn1. The first-order valence-electron chi connectivity index (χ1n) is 5.62. The van der Waals surface area contributed by atoms with Crippen LogP contribution >= 0.6 is 0 Å². The summed E-state index contributed by atoms with van der Waals surface area (Å²) in [5, 5.41) is 7.51. The summed E-state index contributed by atoms with van der Waals surface area (Å²) in [5.41, 5.74) is 1.23. The number of esters is 1. The van der Waals surface area contributed by atoms with E-state index in [4.69, 9.17) is 4.74 Å². The lowest BCUT2D eigenvalue weighted by Crippen LogP contribution is -2.13. The smallest absolute Gasteiger partial charge is 0.357 e. The lowest BCUT2D eigenvalue weighted by molar-refractivity contribution is -0.136. The lowest BCUT2D eigenvalue weighted by Gasteiger charge is -2.06. The summed E-state index contributed by atoms with van der Waals surface area (Å²) in [6, 6.07) is 9.51. The van der Waals surface area contributed by atoms with Crippen LogP contribution in [0.5, 0.6) is 0 Å². The number of hydrogen-bond donors (Lipinski definition) is 0. The zero-order valence-electron chi connectivity index (χ0n) is 9.98. The van der Waals surface area contributed by atoms with E-state index in [-0.39, 0.29) is 0 Å². The fourth-order valence-electron chi connectivity index (χ4n) is 1.47. The van der Waals surface area contributed by atoms with Gasteiger partial charge in [0, 0.05) is 0 Å². The van der Waals surface area contributed by atoms with Crippen molar-refractivity contribution in [2.75, 3.05) is 6.61 Å². The highest BCUT2D eigenvalue weighted by molar-refractivity contribution is 6.15. The van der Waals surface area contributed by atoms with Gasteiger partial charge >= 0.3 is 5.97 Å². The van der Waals surface area contributed by atoms with Crippen molar-refractivity contribution >= 4 is 17.7 Å². The molecule has 0 aliphatic rings. The molecule has 2 rings (SSSR count). The average Bonchev–Trinajstić information content (AvgIpc) is 2.91. The molecule has 0 unspecified atom stereocenters. The van der Waals surface area contributed by atoms with E-state index in [0.717, 1.165) is 5.56 Å².